The minimum atomic E-state index is -0.293. The predicted octanol–water partition coefficient (Wildman–Crippen LogP) is 0.860. The smallest absolute Gasteiger partial charge is 0.293 e. The first-order valence-corrected chi connectivity index (χ1v) is 3.71. The van der Waals surface area contributed by atoms with Crippen LogP contribution in [0.15, 0.2) is 5.57 Å². The van der Waals surface area contributed by atoms with Gasteiger partial charge in [-0.05, 0) is 25.7 Å². The summed E-state index contributed by atoms with van der Waals surface area (Å²) in [6.45, 7) is 0.396. The summed E-state index contributed by atoms with van der Waals surface area (Å²) < 4.78 is 4.71. The van der Waals surface area contributed by atoms with E-state index in [4.69, 9.17) is 4.74 Å². The summed E-state index contributed by atoms with van der Waals surface area (Å²) in [5.41, 5.74) is 0.600. The van der Waals surface area contributed by atoms with Crippen LogP contribution in [0, 0.1) is 0 Å². The first-order valence-electron chi connectivity index (χ1n) is 3.71. The second-order valence-corrected chi connectivity index (χ2v) is 2.59. The Morgan fingerprint density at radius 3 is 3.00 bits per heavy atom. The van der Waals surface area contributed by atoms with Gasteiger partial charge in [0.25, 0.3) is 6.47 Å². The third-order valence-corrected chi connectivity index (χ3v) is 1.90. The number of hydrogen-bond donors (Lipinski definition) is 0. The van der Waals surface area contributed by atoms with Crippen LogP contribution in [0.5, 0.6) is 0 Å². The topological polar surface area (TPSA) is 43.4 Å². The Morgan fingerprint density at radius 1 is 1.55 bits per heavy atom. The minimum Gasteiger partial charge on any atom is -0.459 e. The molecular weight excluding hydrogens is 146 g/mol. The van der Waals surface area contributed by atoms with E-state index in [0.717, 1.165) is 25.7 Å². The Bertz CT molecular complexity index is 192. The van der Waals surface area contributed by atoms with Crippen LogP contribution in [-0.2, 0) is 14.3 Å². The highest BCUT2D eigenvalue weighted by atomic mass is 16.5. The Morgan fingerprint density at radius 2 is 2.36 bits per heavy atom. The van der Waals surface area contributed by atoms with Gasteiger partial charge in [-0.25, -0.2) is 4.79 Å². The zero-order valence-corrected chi connectivity index (χ0v) is 6.21. The van der Waals surface area contributed by atoms with Crippen LogP contribution in [0.3, 0.4) is 0 Å². The molecule has 0 heterocycles. The Hall–Kier alpha value is -1.08. The van der Waals surface area contributed by atoms with E-state index in [-0.39, 0.29) is 6.10 Å². The van der Waals surface area contributed by atoms with Crippen LogP contribution in [-0.4, -0.2) is 18.5 Å². The molecule has 3 heteroatoms. The maximum absolute atomic E-state index is 10.3. The molecule has 0 aliphatic heterocycles. The molecule has 0 aromatic rings. The highest BCUT2D eigenvalue weighted by Gasteiger charge is 2.20. The van der Waals surface area contributed by atoms with E-state index in [1.54, 1.807) is 0 Å². The molecule has 0 radical (unpaired) electrons. The lowest BCUT2D eigenvalue weighted by Crippen LogP contribution is -2.19. The molecule has 1 saturated carbocycles. The van der Waals surface area contributed by atoms with Gasteiger partial charge in [-0.2, -0.15) is 0 Å². The summed E-state index contributed by atoms with van der Waals surface area (Å²) in [6.07, 6.45) is 3.22. The second kappa shape index (κ2) is 3.94. The summed E-state index contributed by atoms with van der Waals surface area (Å²) in [7, 11) is 0. The molecular formula is C8H10O3. The maximum Gasteiger partial charge on any atom is 0.293 e. The van der Waals surface area contributed by atoms with Crippen molar-refractivity contribution in [2.75, 3.05) is 0 Å². The van der Waals surface area contributed by atoms with Crippen LogP contribution in [0.25, 0.3) is 0 Å². The molecule has 1 aliphatic carbocycles. The fourth-order valence-electron chi connectivity index (χ4n) is 1.31. The molecule has 0 saturated heterocycles. The molecule has 1 unspecified atom stereocenters. The monoisotopic (exact) mass is 156 g/mol. The molecule has 0 bridgehead atoms. The Labute approximate surface area is 65.0 Å². The number of hydrogen-bond acceptors (Lipinski definition) is 3. The van der Waals surface area contributed by atoms with E-state index in [1.165, 1.54) is 0 Å². The average Bonchev–Trinajstić information content (AvgIpc) is 2.06. The minimum absolute atomic E-state index is 0.293. The molecule has 11 heavy (non-hydrogen) atoms. The summed E-state index contributed by atoms with van der Waals surface area (Å²) in [6, 6.07) is 0. The second-order valence-electron chi connectivity index (χ2n) is 2.59. The molecule has 0 N–H and O–H groups in total. The van der Waals surface area contributed by atoms with Gasteiger partial charge in [-0.1, -0.05) is 0 Å². The van der Waals surface area contributed by atoms with Gasteiger partial charge in [0, 0.05) is 0 Å². The van der Waals surface area contributed by atoms with E-state index in [1.807, 2.05) is 5.94 Å². The molecule has 60 valence electrons. The van der Waals surface area contributed by atoms with Crippen LogP contribution in [0.2, 0.25) is 0 Å². The fourth-order valence-corrected chi connectivity index (χ4v) is 1.31. The molecule has 0 aromatic heterocycles. The lowest BCUT2D eigenvalue weighted by molar-refractivity contribution is -0.132. The van der Waals surface area contributed by atoms with Gasteiger partial charge >= 0.3 is 0 Å². The summed E-state index contributed by atoms with van der Waals surface area (Å²) in [5.74, 6) is 1.82. The summed E-state index contributed by atoms with van der Waals surface area (Å²) in [4.78, 5) is 20.3. The number of carbonyl (C=O) groups excluding carboxylic acids is 2. The van der Waals surface area contributed by atoms with Crippen molar-refractivity contribution in [3.05, 3.63) is 5.57 Å². The van der Waals surface area contributed by atoms with Crippen molar-refractivity contribution < 1.29 is 14.3 Å². The highest BCUT2D eigenvalue weighted by molar-refractivity contribution is 5.55. The van der Waals surface area contributed by atoms with Crippen molar-refractivity contribution in [1.82, 2.24) is 0 Å². The fraction of sp³-hybridized carbons (Fsp3) is 0.625. The van der Waals surface area contributed by atoms with E-state index in [0.29, 0.717) is 12.0 Å². The van der Waals surface area contributed by atoms with Crippen molar-refractivity contribution in [2.24, 2.45) is 0 Å². The van der Waals surface area contributed by atoms with Gasteiger partial charge in [-0.3, -0.25) is 4.79 Å². The molecule has 1 aliphatic rings. The van der Waals surface area contributed by atoms with Crippen molar-refractivity contribution in [2.45, 2.75) is 31.8 Å². The molecule has 1 rings (SSSR count). The van der Waals surface area contributed by atoms with Gasteiger partial charge in [0.15, 0.2) is 0 Å². The third kappa shape index (κ3) is 1.92. The first-order chi connectivity index (χ1) is 5.38. The van der Waals surface area contributed by atoms with E-state index < -0.39 is 0 Å². The predicted molar refractivity (Wildman–Crippen MR) is 38.6 cm³/mol. The Balaban J connectivity index is 2.58. The number of carbonyl (C=O) groups is 1. The van der Waals surface area contributed by atoms with E-state index in [9.17, 15) is 9.59 Å². The van der Waals surface area contributed by atoms with Gasteiger partial charge < -0.3 is 4.74 Å². The third-order valence-electron chi connectivity index (χ3n) is 1.90. The quantitative estimate of drug-likeness (QED) is 0.440. The molecule has 0 aromatic carbocycles. The van der Waals surface area contributed by atoms with Crippen LogP contribution >= 0.6 is 0 Å². The zero-order chi connectivity index (χ0) is 8.10. The first kappa shape index (κ1) is 8.02. The van der Waals surface area contributed by atoms with Crippen molar-refractivity contribution in [3.8, 4) is 0 Å². The molecule has 0 amide bonds. The van der Waals surface area contributed by atoms with E-state index in [2.05, 4.69) is 0 Å². The highest BCUT2D eigenvalue weighted by Crippen LogP contribution is 2.23. The van der Waals surface area contributed by atoms with Gasteiger partial charge in [0.2, 0.25) is 0 Å². The van der Waals surface area contributed by atoms with Crippen LogP contribution < -0.4 is 0 Å². The van der Waals surface area contributed by atoms with Crippen LogP contribution in [0.4, 0.5) is 0 Å². The van der Waals surface area contributed by atoms with Crippen molar-refractivity contribution in [3.63, 3.8) is 0 Å². The molecule has 3 nitrogen and oxygen atoms in total. The standard InChI is InChI=1S/C8H10O3/c9-5-7-3-1-2-4-8(7)11-6-10/h6,8H,1-4H2/i5+2. The largest absolute Gasteiger partial charge is 0.459 e. The van der Waals surface area contributed by atoms with Crippen molar-refractivity contribution >= 4 is 12.4 Å². The lowest BCUT2D eigenvalue weighted by Gasteiger charge is -2.20. The van der Waals surface area contributed by atoms with Gasteiger partial charge in [0.1, 0.15) is 12.0 Å². The molecule has 1 atom stereocenters. The average molecular weight is 156 g/mol. The van der Waals surface area contributed by atoms with Gasteiger partial charge in [-0.15, -0.1) is 0 Å². The molecule has 0 spiro atoms. The summed E-state index contributed by atoms with van der Waals surface area (Å²) >= 11 is 0. The van der Waals surface area contributed by atoms with Gasteiger partial charge in [0.05, 0.1) is 5.57 Å². The molecule has 1 fully saturated rings. The Kier molecular flexibility index (Phi) is 2.87. The van der Waals surface area contributed by atoms with Crippen LogP contribution in [0.1, 0.15) is 25.7 Å². The lowest BCUT2D eigenvalue weighted by atomic mass is 9.96. The maximum atomic E-state index is 10.3. The zero-order valence-electron chi connectivity index (χ0n) is 6.21. The van der Waals surface area contributed by atoms with E-state index >= 15 is 0 Å². The number of rotatable bonds is 2. The normalized spacial score (nSPS) is 24.0. The van der Waals surface area contributed by atoms with Crippen molar-refractivity contribution in [1.29, 1.82) is 0 Å². The number of ether oxygens (including phenoxy) is 1. The SMILES string of the molecule is O=COC1CCCCC1=[14C]=O. The summed E-state index contributed by atoms with van der Waals surface area (Å²) in [5, 5.41) is 0.